The Morgan fingerprint density at radius 2 is 1.57 bits per heavy atom. The molecule has 2 aromatic rings. The zero-order valence-electron chi connectivity index (χ0n) is 12.5. The maximum Gasteiger partial charge on any atom is 0.225 e. The van der Waals surface area contributed by atoms with Crippen molar-refractivity contribution in [2.75, 3.05) is 19.5 Å². The van der Waals surface area contributed by atoms with Crippen molar-refractivity contribution in [3.05, 3.63) is 39.6 Å². The fourth-order valence-corrected chi connectivity index (χ4v) is 2.35. The third-order valence-electron chi connectivity index (χ3n) is 3.16. The van der Waals surface area contributed by atoms with Crippen molar-refractivity contribution in [2.24, 2.45) is 0 Å². The third kappa shape index (κ3) is 3.44. The Labute approximate surface area is 132 Å². The van der Waals surface area contributed by atoms with Gasteiger partial charge in [-0.15, -0.1) is 0 Å². The first-order valence-electron chi connectivity index (χ1n) is 6.49. The average molecular weight is 352 g/mol. The highest BCUT2D eigenvalue weighted by Crippen LogP contribution is 2.27. The molecule has 5 nitrogen and oxygen atoms in total. The van der Waals surface area contributed by atoms with Gasteiger partial charge in [-0.05, 0) is 37.1 Å². The number of aryl methyl sites for hydroxylation is 2. The van der Waals surface area contributed by atoms with Gasteiger partial charge in [-0.3, -0.25) is 0 Å². The summed E-state index contributed by atoms with van der Waals surface area (Å²) in [5, 5.41) is 3.36. The molecule has 0 unspecified atom stereocenters. The molecule has 0 saturated carbocycles. The van der Waals surface area contributed by atoms with Crippen LogP contribution in [0.5, 0.6) is 11.8 Å². The van der Waals surface area contributed by atoms with E-state index in [0.717, 1.165) is 15.7 Å². The van der Waals surface area contributed by atoms with Gasteiger partial charge in [0.05, 0.1) is 26.3 Å². The molecule has 0 atom stereocenters. The lowest BCUT2D eigenvalue weighted by Gasteiger charge is -2.14. The van der Waals surface area contributed by atoms with Gasteiger partial charge in [0.2, 0.25) is 11.8 Å². The molecule has 0 aliphatic heterocycles. The molecule has 0 spiro atoms. The number of hydrogen-bond donors (Lipinski definition) is 1. The molecule has 0 aliphatic rings. The predicted octanol–water partition coefficient (Wildman–Crippen LogP) is 3.49. The van der Waals surface area contributed by atoms with E-state index in [1.54, 1.807) is 14.2 Å². The van der Waals surface area contributed by atoms with Crippen LogP contribution >= 0.6 is 15.9 Å². The summed E-state index contributed by atoms with van der Waals surface area (Å²) in [5.41, 5.74) is 4.18. The van der Waals surface area contributed by atoms with Crippen LogP contribution < -0.4 is 14.8 Å². The quantitative estimate of drug-likeness (QED) is 0.893. The zero-order chi connectivity index (χ0) is 15.4. The van der Waals surface area contributed by atoms with E-state index in [1.165, 1.54) is 17.5 Å². The fourth-order valence-electron chi connectivity index (χ4n) is 2.12. The van der Waals surface area contributed by atoms with Crippen molar-refractivity contribution in [1.29, 1.82) is 0 Å². The summed E-state index contributed by atoms with van der Waals surface area (Å²) in [4.78, 5) is 8.21. The van der Waals surface area contributed by atoms with Crippen molar-refractivity contribution < 1.29 is 9.47 Å². The normalized spacial score (nSPS) is 10.3. The predicted molar refractivity (Wildman–Crippen MR) is 86.1 cm³/mol. The highest BCUT2D eigenvalue weighted by Gasteiger charge is 2.13. The summed E-state index contributed by atoms with van der Waals surface area (Å²) in [6.45, 7) is 4.65. The van der Waals surface area contributed by atoms with Crippen molar-refractivity contribution in [3.8, 4) is 11.8 Å². The summed E-state index contributed by atoms with van der Waals surface area (Å²) in [6.07, 6.45) is 1.43. The lowest BCUT2D eigenvalue weighted by molar-refractivity contribution is 0.363. The van der Waals surface area contributed by atoms with E-state index in [0.29, 0.717) is 18.3 Å². The molecule has 1 heterocycles. The third-order valence-corrected chi connectivity index (χ3v) is 4.41. The van der Waals surface area contributed by atoms with E-state index in [-0.39, 0.29) is 0 Å². The average Bonchev–Trinajstić information content (AvgIpc) is 2.49. The molecule has 21 heavy (non-hydrogen) atoms. The molecule has 2 rings (SSSR count). The molecule has 6 heteroatoms. The lowest BCUT2D eigenvalue weighted by Crippen LogP contribution is -2.07. The molecule has 0 aliphatic carbocycles. The van der Waals surface area contributed by atoms with E-state index in [2.05, 4.69) is 57.2 Å². The van der Waals surface area contributed by atoms with Gasteiger partial charge in [0.15, 0.2) is 0 Å². The monoisotopic (exact) mass is 351 g/mol. The van der Waals surface area contributed by atoms with E-state index in [1.807, 2.05) is 0 Å². The second-order valence-corrected chi connectivity index (χ2v) is 5.44. The van der Waals surface area contributed by atoms with Crippen LogP contribution in [-0.2, 0) is 6.54 Å². The number of anilines is 1. The van der Waals surface area contributed by atoms with Crippen molar-refractivity contribution in [1.82, 2.24) is 9.97 Å². The molecule has 1 aromatic heterocycles. The second-order valence-electron chi connectivity index (χ2n) is 4.65. The van der Waals surface area contributed by atoms with Gasteiger partial charge in [-0.25, -0.2) is 9.97 Å². The summed E-state index contributed by atoms with van der Waals surface area (Å²) >= 11 is 3.57. The highest BCUT2D eigenvalue weighted by molar-refractivity contribution is 9.10. The Morgan fingerprint density at radius 3 is 2.05 bits per heavy atom. The Morgan fingerprint density at radius 1 is 1.05 bits per heavy atom. The van der Waals surface area contributed by atoms with E-state index >= 15 is 0 Å². The van der Waals surface area contributed by atoms with Gasteiger partial charge in [-0.1, -0.05) is 15.9 Å². The van der Waals surface area contributed by atoms with Gasteiger partial charge >= 0.3 is 0 Å². The van der Waals surface area contributed by atoms with Gasteiger partial charge < -0.3 is 14.8 Å². The van der Waals surface area contributed by atoms with Crippen LogP contribution in [0.3, 0.4) is 0 Å². The molecular weight excluding hydrogens is 334 g/mol. The van der Waals surface area contributed by atoms with Crippen LogP contribution in [-0.4, -0.2) is 24.2 Å². The lowest BCUT2D eigenvalue weighted by atomic mass is 10.1. The Kier molecular flexibility index (Phi) is 5.01. The smallest absolute Gasteiger partial charge is 0.225 e. The van der Waals surface area contributed by atoms with Crippen LogP contribution in [0, 0.1) is 13.8 Å². The Balaban J connectivity index is 2.24. The van der Waals surface area contributed by atoms with Crippen LogP contribution in [0.4, 0.5) is 5.69 Å². The first kappa shape index (κ1) is 15.6. The van der Waals surface area contributed by atoms with E-state index in [9.17, 15) is 0 Å². The molecule has 112 valence electrons. The van der Waals surface area contributed by atoms with Crippen LogP contribution in [0.1, 0.15) is 16.7 Å². The number of benzene rings is 1. The van der Waals surface area contributed by atoms with Crippen LogP contribution in [0.15, 0.2) is 22.9 Å². The van der Waals surface area contributed by atoms with Gasteiger partial charge in [0, 0.05) is 10.2 Å². The Bertz CT molecular complexity index is 602. The molecule has 0 fully saturated rings. The number of rotatable bonds is 5. The maximum absolute atomic E-state index is 5.26. The first-order chi connectivity index (χ1) is 10.1. The number of nitrogens with zero attached hydrogens (tertiary/aromatic N) is 2. The molecule has 1 N–H and O–H groups in total. The number of nitrogens with one attached hydrogen (secondary N) is 1. The maximum atomic E-state index is 5.26. The second kappa shape index (κ2) is 6.76. The van der Waals surface area contributed by atoms with Gasteiger partial charge in [0.1, 0.15) is 6.33 Å². The molecule has 0 amide bonds. The fraction of sp³-hybridized carbons (Fsp3) is 0.333. The summed E-state index contributed by atoms with van der Waals surface area (Å²) in [7, 11) is 3.17. The summed E-state index contributed by atoms with van der Waals surface area (Å²) < 4.78 is 11.7. The molecule has 0 saturated heterocycles. The molecule has 1 aromatic carbocycles. The van der Waals surface area contributed by atoms with Crippen molar-refractivity contribution in [2.45, 2.75) is 20.4 Å². The number of methoxy groups -OCH3 is 2. The number of hydrogen-bond acceptors (Lipinski definition) is 5. The van der Waals surface area contributed by atoms with E-state index < -0.39 is 0 Å². The van der Waals surface area contributed by atoms with Crippen molar-refractivity contribution >= 4 is 21.6 Å². The van der Waals surface area contributed by atoms with Gasteiger partial charge in [-0.2, -0.15) is 0 Å². The zero-order valence-corrected chi connectivity index (χ0v) is 14.1. The van der Waals surface area contributed by atoms with Crippen LogP contribution in [0.2, 0.25) is 0 Å². The first-order valence-corrected chi connectivity index (χ1v) is 7.28. The minimum atomic E-state index is 0.514. The SMILES string of the molecule is COc1ncnc(OC)c1CNc1cc(C)c(Br)c(C)c1. The molecule has 0 radical (unpaired) electrons. The minimum Gasteiger partial charge on any atom is -0.481 e. The number of aromatic nitrogens is 2. The standard InChI is InChI=1S/C15H18BrN3O2/c1-9-5-11(6-10(2)13(9)16)17-7-12-14(20-3)18-8-19-15(12)21-4/h5-6,8,17H,7H2,1-4H3. The molecule has 0 bridgehead atoms. The number of halogens is 1. The minimum absolute atomic E-state index is 0.514. The van der Waals surface area contributed by atoms with Crippen molar-refractivity contribution in [3.63, 3.8) is 0 Å². The Hall–Kier alpha value is -1.82. The summed E-state index contributed by atoms with van der Waals surface area (Å²) in [5.74, 6) is 1.03. The topological polar surface area (TPSA) is 56.3 Å². The van der Waals surface area contributed by atoms with Crippen LogP contribution in [0.25, 0.3) is 0 Å². The largest absolute Gasteiger partial charge is 0.481 e. The molecular formula is C15H18BrN3O2. The highest BCUT2D eigenvalue weighted by atomic mass is 79.9. The summed E-state index contributed by atoms with van der Waals surface area (Å²) in [6, 6.07) is 4.17. The van der Waals surface area contributed by atoms with Gasteiger partial charge in [0.25, 0.3) is 0 Å². The van der Waals surface area contributed by atoms with E-state index in [4.69, 9.17) is 9.47 Å². The number of ether oxygens (including phenoxy) is 2.